The minimum atomic E-state index is -0.594. The Bertz CT molecular complexity index is 388. The molecule has 1 aromatic carbocycles. The van der Waals surface area contributed by atoms with Crippen LogP contribution in [-0.4, -0.2) is 58.5 Å². The average molecular weight is 268 g/mol. The van der Waals surface area contributed by atoms with Gasteiger partial charge in [-0.2, -0.15) is 0 Å². The maximum absolute atomic E-state index is 11.5. The number of benzene rings is 1. The van der Waals surface area contributed by atoms with Crippen molar-refractivity contribution in [2.24, 2.45) is 5.73 Å². The second kappa shape index (κ2) is 7.73. The van der Waals surface area contributed by atoms with Gasteiger partial charge in [-0.05, 0) is 24.1 Å². The maximum Gasteiger partial charge on any atom is 0.235 e. The Hall–Kier alpha value is -1.63. The average Bonchev–Trinajstić information content (AvgIpc) is 2.37. The van der Waals surface area contributed by atoms with Gasteiger partial charge in [0.25, 0.3) is 0 Å². The number of aliphatic hydroxyl groups excluding tert-OH is 2. The molecule has 0 saturated carbocycles. The first-order chi connectivity index (χ1) is 9.08. The zero-order valence-electron chi connectivity index (χ0n) is 10.7. The van der Waals surface area contributed by atoms with Crippen LogP contribution < -0.4 is 5.73 Å². The van der Waals surface area contributed by atoms with Crippen molar-refractivity contribution in [3.05, 3.63) is 29.8 Å². The molecule has 106 valence electrons. The molecule has 0 aliphatic heterocycles. The van der Waals surface area contributed by atoms with Gasteiger partial charge in [-0.15, -0.1) is 0 Å². The molecule has 0 bridgehead atoms. The van der Waals surface area contributed by atoms with Crippen LogP contribution in [0.4, 0.5) is 0 Å². The highest BCUT2D eigenvalue weighted by Crippen LogP contribution is 2.13. The van der Waals surface area contributed by atoms with Crippen LogP contribution in [0.5, 0.6) is 5.75 Å². The van der Waals surface area contributed by atoms with E-state index in [1.165, 1.54) is 12.1 Å². The van der Waals surface area contributed by atoms with E-state index in [0.717, 1.165) is 5.56 Å². The lowest BCUT2D eigenvalue weighted by Crippen LogP contribution is -2.48. The fourth-order valence-electron chi connectivity index (χ4n) is 1.95. The number of hydrogen-bond acceptors (Lipinski definition) is 5. The molecule has 1 atom stereocenters. The first kappa shape index (κ1) is 15.4. The van der Waals surface area contributed by atoms with Crippen LogP contribution in [0.25, 0.3) is 0 Å². The van der Waals surface area contributed by atoms with Crippen molar-refractivity contribution in [1.29, 1.82) is 0 Å². The van der Waals surface area contributed by atoms with Gasteiger partial charge in [-0.1, -0.05) is 12.1 Å². The number of nitrogens with zero attached hydrogens (tertiary/aromatic N) is 1. The van der Waals surface area contributed by atoms with Crippen LogP contribution in [0.2, 0.25) is 0 Å². The number of carbonyl (C=O) groups is 1. The lowest BCUT2D eigenvalue weighted by atomic mass is 10.0. The quantitative estimate of drug-likeness (QED) is 0.487. The fourth-order valence-corrected chi connectivity index (χ4v) is 1.95. The summed E-state index contributed by atoms with van der Waals surface area (Å²) < 4.78 is 0. The summed E-state index contributed by atoms with van der Waals surface area (Å²) in [5.41, 5.74) is 6.23. The molecule has 0 aliphatic carbocycles. The van der Waals surface area contributed by atoms with E-state index < -0.39 is 11.9 Å². The summed E-state index contributed by atoms with van der Waals surface area (Å²) in [5, 5.41) is 27.2. The van der Waals surface area contributed by atoms with Crippen LogP contribution in [0.1, 0.15) is 5.56 Å². The number of phenolic OH excluding ortho intramolecular Hbond substituents is 1. The molecule has 5 N–H and O–H groups in total. The number of aliphatic hydroxyl groups is 2. The number of aromatic hydroxyl groups is 1. The van der Waals surface area contributed by atoms with Crippen molar-refractivity contribution in [3.63, 3.8) is 0 Å². The number of hydrogen-bond donors (Lipinski definition) is 4. The number of amides is 1. The third kappa shape index (κ3) is 4.86. The summed E-state index contributed by atoms with van der Waals surface area (Å²) in [7, 11) is 0. The van der Waals surface area contributed by atoms with E-state index in [9.17, 15) is 9.90 Å². The predicted octanol–water partition coefficient (Wildman–Crippen LogP) is -0.925. The Balaban J connectivity index is 2.80. The normalized spacial score (nSPS) is 12.6. The Morgan fingerprint density at radius 1 is 1.16 bits per heavy atom. The van der Waals surface area contributed by atoms with Gasteiger partial charge in [-0.25, -0.2) is 0 Å². The molecule has 1 amide bonds. The van der Waals surface area contributed by atoms with Gasteiger partial charge in [0.1, 0.15) is 5.75 Å². The predicted molar refractivity (Wildman–Crippen MR) is 70.5 cm³/mol. The summed E-state index contributed by atoms with van der Waals surface area (Å²) in [5.74, 6) is -0.350. The van der Waals surface area contributed by atoms with Gasteiger partial charge in [0.05, 0.1) is 19.3 Å². The third-order valence-corrected chi connectivity index (χ3v) is 2.91. The largest absolute Gasteiger partial charge is 0.508 e. The van der Waals surface area contributed by atoms with Crippen molar-refractivity contribution < 1.29 is 20.1 Å². The fraction of sp³-hybridized carbons (Fsp3) is 0.462. The summed E-state index contributed by atoms with van der Waals surface area (Å²) in [6.45, 7) is 0.317. The molecule has 1 unspecified atom stereocenters. The SMILES string of the molecule is NC(=O)C(Cc1ccc(O)cc1)N(CCO)CCO. The highest BCUT2D eigenvalue weighted by atomic mass is 16.3. The molecule has 19 heavy (non-hydrogen) atoms. The molecular weight excluding hydrogens is 248 g/mol. The lowest BCUT2D eigenvalue weighted by molar-refractivity contribution is -0.123. The lowest BCUT2D eigenvalue weighted by Gasteiger charge is -2.28. The van der Waals surface area contributed by atoms with Crippen molar-refractivity contribution in [1.82, 2.24) is 4.90 Å². The molecule has 0 spiro atoms. The number of phenols is 1. The molecule has 0 aliphatic rings. The molecule has 0 aromatic heterocycles. The molecule has 1 rings (SSSR count). The highest BCUT2D eigenvalue weighted by Gasteiger charge is 2.23. The number of rotatable bonds is 8. The summed E-state index contributed by atoms with van der Waals surface area (Å²) >= 11 is 0. The van der Waals surface area contributed by atoms with E-state index in [4.69, 9.17) is 15.9 Å². The zero-order chi connectivity index (χ0) is 14.3. The summed E-state index contributed by atoms with van der Waals surface area (Å²) in [4.78, 5) is 13.2. The maximum atomic E-state index is 11.5. The second-order valence-corrected chi connectivity index (χ2v) is 4.27. The van der Waals surface area contributed by atoms with E-state index in [2.05, 4.69) is 0 Å². The summed E-state index contributed by atoms with van der Waals surface area (Å²) in [6, 6.07) is 5.90. The monoisotopic (exact) mass is 268 g/mol. The Morgan fingerprint density at radius 3 is 2.11 bits per heavy atom. The number of nitrogens with two attached hydrogens (primary N) is 1. The summed E-state index contributed by atoms with van der Waals surface area (Å²) in [6.07, 6.45) is 0.371. The van der Waals surface area contributed by atoms with Gasteiger partial charge in [0.2, 0.25) is 5.91 Å². The van der Waals surface area contributed by atoms with Crippen LogP contribution in [-0.2, 0) is 11.2 Å². The van der Waals surface area contributed by atoms with Gasteiger partial charge in [-0.3, -0.25) is 9.69 Å². The smallest absolute Gasteiger partial charge is 0.235 e. The van der Waals surface area contributed by atoms with Crippen LogP contribution in [0.3, 0.4) is 0 Å². The van der Waals surface area contributed by atoms with E-state index >= 15 is 0 Å². The molecule has 0 heterocycles. The molecule has 0 fully saturated rings. The van der Waals surface area contributed by atoms with E-state index in [1.54, 1.807) is 17.0 Å². The minimum Gasteiger partial charge on any atom is -0.508 e. The first-order valence-corrected chi connectivity index (χ1v) is 6.11. The van der Waals surface area contributed by atoms with Crippen LogP contribution in [0, 0.1) is 0 Å². The van der Waals surface area contributed by atoms with Crippen molar-refractivity contribution >= 4 is 5.91 Å². The van der Waals surface area contributed by atoms with E-state index in [1.807, 2.05) is 0 Å². The molecule has 1 aromatic rings. The Morgan fingerprint density at radius 2 is 1.68 bits per heavy atom. The van der Waals surface area contributed by atoms with Crippen LogP contribution in [0.15, 0.2) is 24.3 Å². The molecule has 6 nitrogen and oxygen atoms in total. The van der Waals surface area contributed by atoms with Gasteiger partial charge in [0.15, 0.2) is 0 Å². The van der Waals surface area contributed by atoms with Gasteiger partial charge < -0.3 is 21.1 Å². The first-order valence-electron chi connectivity index (χ1n) is 6.11. The van der Waals surface area contributed by atoms with Crippen molar-refractivity contribution in [2.75, 3.05) is 26.3 Å². The number of primary amides is 1. The molecule has 6 heteroatoms. The number of carbonyl (C=O) groups excluding carboxylic acids is 1. The Kier molecular flexibility index (Phi) is 6.27. The molecular formula is C13H20N2O4. The van der Waals surface area contributed by atoms with E-state index in [0.29, 0.717) is 6.42 Å². The van der Waals surface area contributed by atoms with Crippen molar-refractivity contribution in [2.45, 2.75) is 12.5 Å². The zero-order valence-corrected chi connectivity index (χ0v) is 10.7. The standard InChI is InChI=1S/C13H20N2O4/c14-13(19)12(15(5-7-16)6-8-17)9-10-1-3-11(18)4-2-10/h1-4,12,16-18H,5-9H2,(H2,14,19). The highest BCUT2D eigenvalue weighted by molar-refractivity contribution is 5.80. The van der Waals surface area contributed by atoms with Crippen molar-refractivity contribution in [3.8, 4) is 5.75 Å². The van der Waals surface area contributed by atoms with Gasteiger partial charge >= 0.3 is 0 Å². The van der Waals surface area contributed by atoms with Gasteiger partial charge in [0, 0.05) is 13.1 Å². The van der Waals surface area contributed by atoms with Crippen LogP contribution >= 0.6 is 0 Å². The molecule has 0 radical (unpaired) electrons. The second-order valence-electron chi connectivity index (χ2n) is 4.27. The van der Waals surface area contributed by atoms with E-state index in [-0.39, 0.29) is 32.1 Å². The minimum absolute atomic E-state index is 0.112. The molecule has 0 saturated heterocycles. The Labute approximate surface area is 112 Å². The third-order valence-electron chi connectivity index (χ3n) is 2.91. The topological polar surface area (TPSA) is 107 Å².